The third-order valence-corrected chi connectivity index (χ3v) is 4.07. The van der Waals surface area contributed by atoms with Crippen LogP contribution in [-0.4, -0.2) is 5.78 Å². The minimum atomic E-state index is -0.789. The number of hydrogen-bond acceptors (Lipinski definition) is 3. The summed E-state index contributed by atoms with van der Waals surface area (Å²) in [5.74, 6) is -0.965. The average molecular weight is 342 g/mol. The molecule has 1 aliphatic rings. The van der Waals surface area contributed by atoms with Crippen LogP contribution in [0.2, 0.25) is 0 Å². The van der Waals surface area contributed by atoms with Gasteiger partial charge in [-0.05, 0) is 34.9 Å². The van der Waals surface area contributed by atoms with Gasteiger partial charge in [0, 0.05) is 10.0 Å². The van der Waals surface area contributed by atoms with E-state index in [1.54, 1.807) is 12.1 Å². The number of carbonyl (C=O) groups is 1. The van der Waals surface area contributed by atoms with Crippen molar-refractivity contribution in [2.75, 3.05) is 0 Å². The number of hydrogen-bond donors (Lipinski definition) is 0. The van der Waals surface area contributed by atoms with E-state index >= 15 is 0 Å². The molecule has 0 spiro atoms. The second kappa shape index (κ2) is 5.80. The summed E-state index contributed by atoms with van der Waals surface area (Å²) >= 11 is 3.37. The SMILES string of the molecule is N#CC(C(=O)c1ccc2c(c1)COC2)c1cccc(Br)c1. The Bertz CT molecular complexity index is 749. The van der Waals surface area contributed by atoms with Gasteiger partial charge >= 0.3 is 0 Å². The normalized spacial score (nSPS) is 14.3. The quantitative estimate of drug-likeness (QED) is 0.793. The molecule has 3 rings (SSSR count). The molecular weight excluding hydrogens is 330 g/mol. The smallest absolute Gasteiger partial charge is 0.184 e. The molecule has 0 N–H and O–H groups in total. The lowest BCUT2D eigenvalue weighted by Gasteiger charge is -2.10. The third-order valence-electron chi connectivity index (χ3n) is 3.58. The zero-order valence-corrected chi connectivity index (χ0v) is 12.8. The predicted molar refractivity (Wildman–Crippen MR) is 81.8 cm³/mol. The Morgan fingerprint density at radius 3 is 2.76 bits per heavy atom. The average Bonchev–Trinajstić information content (AvgIpc) is 2.95. The van der Waals surface area contributed by atoms with Crippen LogP contribution in [0.3, 0.4) is 0 Å². The van der Waals surface area contributed by atoms with Crippen LogP contribution in [0.4, 0.5) is 0 Å². The van der Waals surface area contributed by atoms with Gasteiger partial charge < -0.3 is 4.74 Å². The van der Waals surface area contributed by atoms with Gasteiger partial charge in [0.05, 0.1) is 19.3 Å². The van der Waals surface area contributed by atoms with E-state index in [9.17, 15) is 10.1 Å². The molecule has 2 aromatic rings. The first kappa shape index (κ1) is 14.0. The van der Waals surface area contributed by atoms with Gasteiger partial charge in [-0.15, -0.1) is 0 Å². The van der Waals surface area contributed by atoms with Crippen molar-refractivity contribution in [2.45, 2.75) is 19.1 Å². The predicted octanol–water partition coefficient (Wildman–Crippen LogP) is 3.97. The van der Waals surface area contributed by atoms with Gasteiger partial charge in [0.15, 0.2) is 5.78 Å². The van der Waals surface area contributed by atoms with Gasteiger partial charge in [0.25, 0.3) is 0 Å². The maximum absolute atomic E-state index is 12.6. The second-order valence-corrected chi connectivity index (χ2v) is 5.87. The molecular formula is C17H12BrNO2. The Morgan fingerprint density at radius 1 is 1.19 bits per heavy atom. The van der Waals surface area contributed by atoms with Crippen LogP contribution in [0, 0.1) is 11.3 Å². The molecule has 0 aliphatic carbocycles. The molecule has 4 heteroatoms. The monoisotopic (exact) mass is 341 g/mol. The maximum atomic E-state index is 12.6. The molecule has 21 heavy (non-hydrogen) atoms. The number of benzene rings is 2. The fourth-order valence-corrected chi connectivity index (χ4v) is 2.88. The first-order valence-corrected chi connectivity index (χ1v) is 7.37. The Hall–Kier alpha value is -1.96. The molecule has 0 radical (unpaired) electrons. The molecule has 3 nitrogen and oxygen atoms in total. The van der Waals surface area contributed by atoms with E-state index < -0.39 is 5.92 Å². The highest BCUT2D eigenvalue weighted by Crippen LogP contribution is 2.26. The van der Waals surface area contributed by atoms with Crippen LogP contribution in [0.25, 0.3) is 0 Å². The first-order valence-electron chi connectivity index (χ1n) is 6.58. The van der Waals surface area contributed by atoms with Crippen molar-refractivity contribution in [1.82, 2.24) is 0 Å². The number of ketones is 1. The Balaban J connectivity index is 1.95. The van der Waals surface area contributed by atoms with Gasteiger partial charge in [-0.3, -0.25) is 4.79 Å². The molecule has 1 heterocycles. The van der Waals surface area contributed by atoms with Crippen LogP contribution >= 0.6 is 15.9 Å². The highest BCUT2D eigenvalue weighted by Gasteiger charge is 2.23. The largest absolute Gasteiger partial charge is 0.372 e. The number of nitriles is 1. The van der Waals surface area contributed by atoms with Crippen LogP contribution in [-0.2, 0) is 18.0 Å². The molecule has 1 atom stereocenters. The Kier molecular flexibility index (Phi) is 3.87. The standard InChI is InChI=1S/C17H12BrNO2/c18-15-3-1-2-11(7-15)16(8-19)17(20)12-4-5-13-9-21-10-14(13)6-12/h1-7,16H,9-10H2. The van der Waals surface area contributed by atoms with Gasteiger partial charge in [-0.2, -0.15) is 5.26 Å². The van der Waals surface area contributed by atoms with Gasteiger partial charge in [0.1, 0.15) is 5.92 Å². The van der Waals surface area contributed by atoms with Crippen molar-refractivity contribution in [3.63, 3.8) is 0 Å². The van der Waals surface area contributed by atoms with E-state index in [2.05, 4.69) is 22.0 Å². The summed E-state index contributed by atoms with van der Waals surface area (Å²) in [7, 11) is 0. The number of Topliss-reactive ketones (excluding diaryl/α,β-unsaturated/α-hetero) is 1. The van der Waals surface area contributed by atoms with Crippen molar-refractivity contribution >= 4 is 21.7 Å². The summed E-state index contributed by atoms with van der Waals surface area (Å²) < 4.78 is 6.21. The highest BCUT2D eigenvalue weighted by molar-refractivity contribution is 9.10. The van der Waals surface area contributed by atoms with Crippen LogP contribution in [0.5, 0.6) is 0 Å². The highest BCUT2D eigenvalue weighted by atomic mass is 79.9. The molecule has 2 aromatic carbocycles. The van der Waals surface area contributed by atoms with Crippen molar-refractivity contribution in [2.24, 2.45) is 0 Å². The van der Waals surface area contributed by atoms with Crippen LogP contribution in [0.1, 0.15) is 33.0 Å². The van der Waals surface area contributed by atoms with Crippen molar-refractivity contribution in [1.29, 1.82) is 5.26 Å². The topological polar surface area (TPSA) is 50.1 Å². The summed E-state index contributed by atoms with van der Waals surface area (Å²) in [5.41, 5.74) is 3.41. The van der Waals surface area contributed by atoms with Crippen molar-refractivity contribution in [3.05, 3.63) is 69.2 Å². The van der Waals surface area contributed by atoms with Crippen LogP contribution in [0.15, 0.2) is 46.9 Å². The first-order chi connectivity index (χ1) is 10.2. The van der Waals surface area contributed by atoms with Gasteiger partial charge in [-0.25, -0.2) is 0 Å². The van der Waals surface area contributed by atoms with Gasteiger partial charge in [-0.1, -0.05) is 40.2 Å². The van der Waals surface area contributed by atoms with Gasteiger partial charge in [0.2, 0.25) is 0 Å². The number of ether oxygens (including phenoxy) is 1. The zero-order valence-electron chi connectivity index (χ0n) is 11.2. The van der Waals surface area contributed by atoms with Crippen molar-refractivity contribution < 1.29 is 9.53 Å². The summed E-state index contributed by atoms with van der Waals surface area (Å²) in [4.78, 5) is 12.6. The fraction of sp³-hybridized carbons (Fsp3) is 0.176. The number of rotatable bonds is 3. The summed E-state index contributed by atoms with van der Waals surface area (Å²) in [6, 6.07) is 14.9. The minimum absolute atomic E-state index is 0.176. The number of halogens is 1. The van der Waals surface area contributed by atoms with E-state index in [-0.39, 0.29) is 5.78 Å². The van der Waals surface area contributed by atoms with E-state index in [4.69, 9.17) is 4.74 Å². The lowest BCUT2D eigenvalue weighted by Crippen LogP contribution is -2.11. The zero-order chi connectivity index (χ0) is 14.8. The minimum Gasteiger partial charge on any atom is -0.372 e. The van der Waals surface area contributed by atoms with Crippen LogP contribution < -0.4 is 0 Å². The lowest BCUT2D eigenvalue weighted by atomic mass is 9.91. The molecule has 0 fully saturated rings. The summed E-state index contributed by atoms with van der Waals surface area (Å²) in [5, 5.41) is 9.38. The lowest BCUT2D eigenvalue weighted by molar-refractivity contribution is 0.0978. The molecule has 104 valence electrons. The molecule has 0 amide bonds. The van der Waals surface area contributed by atoms with Crippen molar-refractivity contribution in [3.8, 4) is 6.07 Å². The molecule has 0 aromatic heterocycles. The van der Waals surface area contributed by atoms with E-state index in [0.717, 1.165) is 15.6 Å². The number of carbonyl (C=O) groups excluding carboxylic acids is 1. The fourth-order valence-electron chi connectivity index (χ4n) is 2.46. The molecule has 1 unspecified atom stereocenters. The van der Waals surface area contributed by atoms with E-state index in [1.807, 2.05) is 30.3 Å². The third kappa shape index (κ3) is 2.76. The second-order valence-electron chi connectivity index (χ2n) is 4.96. The van der Waals surface area contributed by atoms with E-state index in [0.29, 0.717) is 24.3 Å². The molecule has 1 aliphatic heterocycles. The molecule has 0 saturated carbocycles. The summed E-state index contributed by atoms with van der Waals surface area (Å²) in [6.07, 6.45) is 0. The summed E-state index contributed by atoms with van der Waals surface area (Å²) in [6.45, 7) is 1.13. The number of fused-ring (bicyclic) bond motifs is 1. The maximum Gasteiger partial charge on any atom is 0.184 e. The molecule has 0 saturated heterocycles. The van der Waals surface area contributed by atoms with E-state index in [1.165, 1.54) is 0 Å². The Labute approximate surface area is 131 Å². The number of nitrogens with zero attached hydrogens (tertiary/aromatic N) is 1. The molecule has 0 bridgehead atoms. The Morgan fingerprint density at radius 2 is 2.00 bits per heavy atom.